The van der Waals surface area contributed by atoms with Crippen LogP contribution in [-0.2, 0) is 10.2 Å². The van der Waals surface area contributed by atoms with Crippen molar-refractivity contribution in [3.8, 4) is 0 Å². The highest BCUT2D eigenvalue weighted by Gasteiger charge is 2.46. The van der Waals surface area contributed by atoms with Gasteiger partial charge in [-0.2, -0.15) is 0 Å². The van der Waals surface area contributed by atoms with Crippen LogP contribution in [0.1, 0.15) is 50.5 Å². The summed E-state index contributed by atoms with van der Waals surface area (Å²) in [4.78, 5) is 5.21. The number of methoxy groups -OCH3 is 1. The Bertz CT molecular complexity index is 673. The Hall–Kier alpha value is -1.13. The van der Waals surface area contributed by atoms with E-state index in [-0.39, 0.29) is 11.2 Å². The van der Waals surface area contributed by atoms with Crippen LogP contribution in [0.5, 0.6) is 0 Å². The third-order valence-corrected chi connectivity index (χ3v) is 8.06. The first-order chi connectivity index (χ1) is 13.2. The molecule has 0 amide bonds. The molecule has 3 fully saturated rings. The number of rotatable bonds is 4. The second-order valence-corrected chi connectivity index (χ2v) is 9.56. The van der Waals surface area contributed by atoms with Gasteiger partial charge in [-0.25, -0.2) is 4.39 Å². The molecule has 2 atom stereocenters. The molecule has 0 aromatic heterocycles. The number of halogens is 1. The van der Waals surface area contributed by atoms with Crippen molar-refractivity contribution in [1.29, 1.82) is 0 Å². The number of likely N-dealkylation sites (tertiary alicyclic amines) is 1. The zero-order valence-corrected chi connectivity index (χ0v) is 16.6. The maximum Gasteiger partial charge on any atom is 0.123 e. The minimum Gasteiger partial charge on any atom is -0.383 e. The van der Waals surface area contributed by atoms with Gasteiger partial charge in [0, 0.05) is 37.3 Å². The summed E-state index contributed by atoms with van der Waals surface area (Å²) in [6.07, 6.45) is 9.62. The van der Waals surface area contributed by atoms with Gasteiger partial charge in [0.2, 0.25) is 0 Å². The number of benzene rings is 1. The Labute approximate surface area is 162 Å². The first-order valence-electron chi connectivity index (χ1n) is 10.9. The third-order valence-electron chi connectivity index (χ3n) is 8.06. The largest absolute Gasteiger partial charge is 0.383 e. The maximum absolute atomic E-state index is 14.1. The fourth-order valence-corrected chi connectivity index (χ4v) is 6.66. The molecular formula is C23H33FN2O. The number of nitrogens with zero attached hydrogens (tertiary/aromatic N) is 2. The molecule has 1 spiro atoms. The SMILES string of the molecule is COCCN1CC2(CCN(C3CC4CCC(C4)C3)CC2)c2cc(F)ccc21. The molecule has 3 nitrogen and oxygen atoms in total. The van der Waals surface area contributed by atoms with E-state index in [1.54, 1.807) is 13.2 Å². The molecule has 148 valence electrons. The lowest BCUT2D eigenvalue weighted by Crippen LogP contribution is -2.50. The zero-order valence-electron chi connectivity index (χ0n) is 16.6. The molecule has 2 unspecified atom stereocenters. The van der Waals surface area contributed by atoms with Crippen LogP contribution in [-0.4, -0.2) is 50.8 Å². The maximum atomic E-state index is 14.1. The highest BCUT2D eigenvalue weighted by molar-refractivity contribution is 5.63. The monoisotopic (exact) mass is 372 g/mol. The lowest BCUT2D eigenvalue weighted by Gasteiger charge is -2.45. The highest BCUT2D eigenvalue weighted by Crippen LogP contribution is 2.49. The van der Waals surface area contributed by atoms with Crippen molar-refractivity contribution in [2.75, 3.05) is 44.8 Å². The molecule has 1 saturated heterocycles. The predicted molar refractivity (Wildman–Crippen MR) is 107 cm³/mol. The molecule has 0 radical (unpaired) electrons. The van der Waals surface area contributed by atoms with Gasteiger partial charge in [0.25, 0.3) is 0 Å². The molecule has 2 aliphatic carbocycles. The van der Waals surface area contributed by atoms with Crippen LogP contribution in [0.2, 0.25) is 0 Å². The van der Waals surface area contributed by atoms with E-state index in [0.29, 0.717) is 0 Å². The van der Waals surface area contributed by atoms with Crippen LogP contribution in [0.25, 0.3) is 0 Å². The van der Waals surface area contributed by atoms with E-state index in [4.69, 9.17) is 4.74 Å². The molecule has 1 aromatic carbocycles. The van der Waals surface area contributed by atoms with Crippen LogP contribution in [0.15, 0.2) is 18.2 Å². The van der Waals surface area contributed by atoms with Crippen molar-refractivity contribution in [3.05, 3.63) is 29.6 Å². The summed E-state index contributed by atoms with van der Waals surface area (Å²) in [6, 6.07) is 6.23. The Morgan fingerprint density at radius 2 is 1.85 bits per heavy atom. The summed E-state index contributed by atoms with van der Waals surface area (Å²) in [5, 5.41) is 0. The second kappa shape index (κ2) is 7.04. The van der Waals surface area contributed by atoms with Crippen molar-refractivity contribution in [3.63, 3.8) is 0 Å². The Morgan fingerprint density at radius 3 is 2.56 bits per heavy atom. The van der Waals surface area contributed by atoms with Crippen LogP contribution >= 0.6 is 0 Å². The molecule has 5 rings (SSSR count). The number of anilines is 1. The fourth-order valence-electron chi connectivity index (χ4n) is 6.66. The highest BCUT2D eigenvalue weighted by atomic mass is 19.1. The second-order valence-electron chi connectivity index (χ2n) is 9.56. The van der Waals surface area contributed by atoms with Gasteiger partial charge in [0.05, 0.1) is 6.61 Å². The molecule has 2 saturated carbocycles. The predicted octanol–water partition coefficient (Wildman–Crippen LogP) is 4.20. The summed E-state index contributed by atoms with van der Waals surface area (Å²) in [5.41, 5.74) is 2.62. The van der Waals surface area contributed by atoms with Crippen LogP contribution in [0.3, 0.4) is 0 Å². The van der Waals surface area contributed by atoms with Gasteiger partial charge in [-0.15, -0.1) is 0 Å². The van der Waals surface area contributed by atoms with Crippen LogP contribution < -0.4 is 4.90 Å². The van der Waals surface area contributed by atoms with Gasteiger partial charge >= 0.3 is 0 Å². The average Bonchev–Trinajstić information content (AvgIpc) is 3.17. The molecule has 4 heteroatoms. The van der Waals surface area contributed by atoms with E-state index in [1.165, 1.54) is 69.3 Å². The van der Waals surface area contributed by atoms with E-state index in [1.807, 2.05) is 12.1 Å². The van der Waals surface area contributed by atoms with Crippen molar-refractivity contribution in [2.45, 2.75) is 56.4 Å². The van der Waals surface area contributed by atoms with Gasteiger partial charge in [0.1, 0.15) is 5.82 Å². The molecule has 4 aliphatic rings. The summed E-state index contributed by atoms with van der Waals surface area (Å²) < 4.78 is 19.4. The number of fused-ring (bicyclic) bond motifs is 4. The van der Waals surface area contributed by atoms with Gasteiger partial charge < -0.3 is 14.5 Å². The zero-order chi connectivity index (χ0) is 18.4. The van der Waals surface area contributed by atoms with E-state index >= 15 is 0 Å². The summed E-state index contributed by atoms with van der Waals surface area (Å²) in [7, 11) is 1.76. The van der Waals surface area contributed by atoms with Crippen molar-refractivity contribution >= 4 is 5.69 Å². The number of piperidine rings is 1. The Balaban J connectivity index is 1.32. The molecule has 2 heterocycles. The molecule has 27 heavy (non-hydrogen) atoms. The summed E-state index contributed by atoms with van der Waals surface area (Å²) >= 11 is 0. The molecular weight excluding hydrogens is 339 g/mol. The summed E-state index contributed by atoms with van der Waals surface area (Å²) in [6.45, 7) is 5.01. The first kappa shape index (κ1) is 17.9. The summed E-state index contributed by atoms with van der Waals surface area (Å²) in [5.74, 6) is 1.90. The van der Waals surface area contributed by atoms with Gasteiger partial charge in [-0.3, -0.25) is 0 Å². The lowest BCUT2D eigenvalue weighted by molar-refractivity contribution is 0.0782. The third kappa shape index (κ3) is 3.19. The van der Waals surface area contributed by atoms with Crippen molar-refractivity contribution in [1.82, 2.24) is 4.90 Å². The smallest absolute Gasteiger partial charge is 0.123 e. The normalized spacial score (nSPS) is 32.2. The average molecular weight is 373 g/mol. The minimum absolute atomic E-state index is 0.0898. The van der Waals surface area contributed by atoms with Crippen molar-refractivity contribution < 1.29 is 9.13 Å². The molecule has 2 bridgehead atoms. The van der Waals surface area contributed by atoms with E-state index < -0.39 is 0 Å². The Kier molecular flexibility index (Phi) is 4.68. The molecule has 1 aromatic rings. The number of hydrogen-bond acceptors (Lipinski definition) is 3. The Morgan fingerprint density at radius 1 is 1.11 bits per heavy atom. The lowest BCUT2D eigenvalue weighted by atomic mass is 9.73. The van der Waals surface area contributed by atoms with Crippen LogP contribution in [0.4, 0.5) is 10.1 Å². The molecule has 0 N–H and O–H groups in total. The number of hydrogen-bond donors (Lipinski definition) is 0. The number of ether oxygens (including phenoxy) is 1. The van der Waals surface area contributed by atoms with E-state index in [9.17, 15) is 4.39 Å². The molecule has 2 aliphatic heterocycles. The fraction of sp³-hybridized carbons (Fsp3) is 0.739. The topological polar surface area (TPSA) is 15.7 Å². The van der Waals surface area contributed by atoms with Crippen LogP contribution in [0, 0.1) is 17.7 Å². The van der Waals surface area contributed by atoms with E-state index in [0.717, 1.165) is 37.6 Å². The van der Waals surface area contributed by atoms with Crippen molar-refractivity contribution in [2.24, 2.45) is 11.8 Å². The van der Waals surface area contributed by atoms with E-state index in [2.05, 4.69) is 9.80 Å². The van der Waals surface area contributed by atoms with Gasteiger partial charge in [-0.05, 0) is 80.8 Å². The first-order valence-corrected chi connectivity index (χ1v) is 10.9. The minimum atomic E-state index is -0.0898. The van der Waals surface area contributed by atoms with Gasteiger partial charge in [-0.1, -0.05) is 12.8 Å². The standard InChI is InChI=1S/C23H33FN2O/c1-27-11-10-26-16-23(21-15-19(24)4-5-22(21)26)6-8-25(9-7-23)20-13-17-2-3-18(12-17)14-20/h4-5,15,17-18,20H,2-3,6-14,16H2,1H3. The quantitative estimate of drug-likeness (QED) is 0.788. The van der Waals surface area contributed by atoms with Gasteiger partial charge in [0.15, 0.2) is 0 Å².